The number of fused-ring (bicyclic) bond motifs is 2. The molecule has 7 heteroatoms. The monoisotopic (exact) mass is 363 g/mol. The summed E-state index contributed by atoms with van der Waals surface area (Å²) in [5.41, 5.74) is 0.324. The summed E-state index contributed by atoms with van der Waals surface area (Å²) in [6, 6.07) is 5.63. The first-order valence-electron chi connectivity index (χ1n) is 8.09. The molecule has 0 aliphatic carbocycles. The van der Waals surface area contributed by atoms with Crippen LogP contribution in [0.5, 0.6) is 0 Å². The van der Waals surface area contributed by atoms with E-state index >= 15 is 0 Å². The highest BCUT2D eigenvalue weighted by Gasteiger charge is 2.57. The molecule has 0 radical (unpaired) electrons. The van der Waals surface area contributed by atoms with Gasteiger partial charge >= 0.3 is 6.09 Å². The lowest BCUT2D eigenvalue weighted by Crippen LogP contribution is -2.42. The van der Waals surface area contributed by atoms with Crippen molar-refractivity contribution in [3.05, 3.63) is 41.6 Å². The van der Waals surface area contributed by atoms with E-state index in [1.807, 2.05) is 6.92 Å². The number of aryl methyl sites for hydroxylation is 1. The van der Waals surface area contributed by atoms with Crippen molar-refractivity contribution in [1.29, 1.82) is 0 Å². The van der Waals surface area contributed by atoms with E-state index in [1.54, 1.807) is 39.0 Å². The Morgan fingerprint density at radius 1 is 1.20 bits per heavy atom. The molecule has 1 fully saturated rings. The van der Waals surface area contributed by atoms with Crippen LogP contribution in [0.2, 0.25) is 0 Å². The van der Waals surface area contributed by atoms with Crippen molar-refractivity contribution < 1.29 is 22.7 Å². The molecule has 1 aromatic carbocycles. The quantitative estimate of drug-likeness (QED) is 0.807. The summed E-state index contributed by atoms with van der Waals surface area (Å²) in [7, 11) is -3.89. The zero-order valence-corrected chi connectivity index (χ0v) is 15.5. The summed E-state index contributed by atoms with van der Waals surface area (Å²) in [5.74, 6) is -0.539. The minimum absolute atomic E-state index is 0.0914. The number of carbonyl (C=O) groups is 2. The summed E-state index contributed by atoms with van der Waals surface area (Å²) in [6.07, 6.45) is 1.25. The first-order valence-corrected chi connectivity index (χ1v) is 9.64. The second kappa shape index (κ2) is 5.69. The van der Waals surface area contributed by atoms with Gasteiger partial charge < -0.3 is 4.74 Å². The van der Waals surface area contributed by atoms with Crippen molar-refractivity contribution in [2.24, 2.45) is 0 Å². The van der Waals surface area contributed by atoms with Gasteiger partial charge in [-0.1, -0.05) is 23.8 Å². The number of hydrogen-bond acceptors (Lipinski definition) is 5. The Balaban J connectivity index is 1.95. The minimum atomic E-state index is -3.89. The smallest absolute Gasteiger partial charge is 0.415 e. The number of rotatable bonds is 2. The summed E-state index contributed by atoms with van der Waals surface area (Å²) < 4.78 is 31.3. The highest BCUT2D eigenvalue weighted by atomic mass is 32.2. The number of Topliss-reactive ketones (excluding diaryl/α,β-unsaturated/α-hetero) is 1. The van der Waals surface area contributed by atoms with Crippen LogP contribution in [-0.4, -0.2) is 42.1 Å². The Bertz CT molecular complexity index is 862. The van der Waals surface area contributed by atoms with Gasteiger partial charge in [0.1, 0.15) is 5.60 Å². The van der Waals surface area contributed by atoms with Crippen LogP contribution >= 0.6 is 0 Å². The van der Waals surface area contributed by atoms with E-state index in [0.29, 0.717) is 6.42 Å². The molecule has 2 unspecified atom stereocenters. The van der Waals surface area contributed by atoms with E-state index in [9.17, 15) is 18.0 Å². The van der Waals surface area contributed by atoms with Crippen molar-refractivity contribution in [1.82, 2.24) is 4.90 Å². The molecule has 134 valence electrons. The van der Waals surface area contributed by atoms with Crippen molar-refractivity contribution in [3.8, 4) is 0 Å². The maximum atomic E-state index is 13.0. The first kappa shape index (κ1) is 17.7. The maximum Gasteiger partial charge on any atom is 0.415 e. The Morgan fingerprint density at radius 2 is 1.80 bits per heavy atom. The van der Waals surface area contributed by atoms with Crippen molar-refractivity contribution in [3.63, 3.8) is 0 Å². The number of sulfone groups is 1. The molecule has 1 amide bonds. The molecule has 2 aliphatic heterocycles. The Labute approximate surface area is 147 Å². The number of benzene rings is 1. The molecule has 1 aromatic rings. The Morgan fingerprint density at radius 3 is 2.36 bits per heavy atom. The second-order valence-electron chi connectivity index (χ2n) is 7.39. The third-order valence-electron chi connectivity index (χ3n) is 4.28. The highest BCUT2D eigenvalue weighted by molar-refractivity contribution is 7.93. The largest absolute Gasteiger partial charge is 0.443 e. The number of allylic oxidation sites excluding steroid dienone is 1. The number of carbonyl (C=O) groups excluding carboxylic acids is 2. The van der Waals surface area contributed by atoms with Crippen molar-refractivity contribution in [2.45, 2.75) is 55.9 Å². The van der Waals surface area contributed by atoms with Crippen LogP contribution in [0.15, 0.2) is 40.9 Å². The van der Waals surface area contributed by atoms with Gasteiger partial charge in [-0.25, -0.2) is 13.2 Å². The number of nitrogens with zero attached hydrogens (tertiary/aromatic N) is 1. The molecule has 0 saturated carbocycles. The van der Waals surface area contributed by atoms with Crippen LogP contribution in [0.25, 0.3) is 0 Å². The summed E-state index contributed by atoms with van der Waals surface area (Å²) >= 11 is 0. The number of amides is 1. The van der Waals surface area contributed by atoms with Gasteiger partial charge in [-0.15, -0.1) is 0 Å². The average molecular weight is 363 g/mol. The van der Waals surface area contributed by atoms with E-state index < -0.39 is 38.6 Å². The normalized spacial score (nSPS) is 23.0. The highest BCUT2D eigenvalue weighted by Crippen LogP contribution is 2.40. The summed E-state index contributed by atoms with van der Waals surface area (Å²) in [4.78, 5) is 26.4. The molecule has 2 heterocycles. The van der Waals surface area contributed by atoms with Crippen LogP contribution in [0.1, 0.15) is 32.8 Å². The van der Waals surface area contributed by atoms with Gasteiger partial charge in [-0.3, -0.25) is 9.69 Å². The first-order chi connectivity index (χ1) is 11.5. The fraction of sp³-hybridized carbons (Fsp3) is 0.444. The van der Waals surface area contributed by atoms with Gasteiger partial charge in [-0.2, -0.15) is 0 Å². The lowest BCUT2D eigenvalue weighted by molar-refractivity contribution is -0.114. The molecule has 0 aromatic heterocycles. The second-order valence-corrected chi connectivity index (χ2v) is 9.45. The van der Waals surface area contributed by atoms with Crippen molar-refractivity contribution in [2.75, 3.05) is 0 Å². The summed E-state index contributed by atoms with van der Waals surface area (Å²) in [5, 5.41) is -1.28. The van der Waals surface area contributed by atoms with Gasteiger partial charge in [-0.05, 0) is 46.2 Å². The zero-order valence-electron chi connectivity index (χ0n) is 14.6. The molecular weight excluding hydrogens is 342 g/mol. The molecule has 2 atom stereocenters. The average Bonchev–Trinajstić information content (AvgIpc) is 3.01. The standard InChI is InChI=1S/C18H21NO5S/c1-11-5-7-12(8-6-11)25(22,23)16-14-10-9-13(15(16)20)19(14)17(21)24-18(2,3)4/h5-9,14,16H,10H2,1-4H3. The third-order valence-corrected chi connectivity index (χ3v) is 6.40. The van der Waals surface area contributed by atoms with Crippen LogP contribution in [0.4, 0.5) is 4.79 Å². The molecule has 3 rings (SSSR count). The van der Waals surface area contributed by atoms with Crippen LogP contribution < -0.4 is 0 Å². The lowest BCUT2D eigenvalue weighted by atomic mass is 10.1. The molecule has 2 bridgehead atoms. The zero-order chi connectivity index (χ0) is 18.6. The minimum Gasteiger partial charge on any atom is -0.443 e. The van der Waals surface area contributed by atoms with Gasteiger partial charge in [0, 0.05) is 0 Å². The maximum absolute atomic E-state index is 13.0. The number of hydrogen-bond donors (Lipinski definition) is 0. The fourth-order valence-corrected chi connectivity index (χ4v) is 5.04. The van der Waals surface area contributed by atoms with E-state index in [2.05, 4.69) is 0 Å². The molecule has 0 spiro atoms. The predicted octanol–water partition coefficient (Wildman–Crippen LogP) is 2.61. The fourth-order valence-electron chi connectivity index (χ4n) is 3.18. The molecule has 1 saturated heterocycles. The van der Waals surface area contributed by atoms with E-state index in [4.69, 9.17) is 4.74 Å². The molecule has 2 aliphatic rings. The van der Waals surface area contributed by atoms with Crippen molar-refractivity contribution >= 4 is 21.7 Å². The van der Waals surface area contributed by atoms with E-state index in [-0.39, 0.29) is 10.6 Å². The summed E-state index contributed by atoms with van der Waals surface area (Å²) in [6.45, 7) is 7.02. The number of ether oxygens (including phenoxy) is 1. The molecule has 6 nitrogen and oxygen atoms in total. The lowest BCUT2D eigenvalue weighted by Gasteiger charge is -2.26. The van der Waals surface area contributed by atoms with E-state index in [1.165, 1.54) is 17.0 Å². The van der Waals surface area contributed by atoms with Gasteiger partial charge in [0.05, 0.1) is 16.6 Å². The predicted molar refractivity (Wildman–Crippen MR) is 91.7 cm³/mol. The Kier molecular flexibility index (Phi) is 4.02. The van der Waals surface area contributed by atoms with Gasteiger partial charge in [0.25, 0.3) is 0 Å². The van der Waals surface area contributed by atoms with Gasteiger partial charge in [0.2, 0.25) is 0 Å². The Hall–Kier alpha value is -2.15. The topological polar surface area (TPSA) is 80.8 Å². The van der Waals surface area contributed by atoms with Crippen LogP contribution in [0, 0.1) is 6.92 Å². The van der Waals surface area contributed by atoms with Crippen LogP contribution in [0.3, 0.4) is 0 Å². The molecular formula is C18H21NO5S. The third kappa shape index (κ3) is 2.97. The number of ketones is 1. The SMILES string of the molecule is Cc1ccc(S(=O)(=O)C2C(=O)C3=CCC2N3C(=O)OC(C)(C)C)cc1. The molecule has 25 heavy (non-hydrogen) atoms. The van der Waals surface area contributed by atoms with Gasteiger partial charge in [0.15, 0.2) is 20.9 Å². The van der Waals surface area contributed by atoms with E-state index in [0.717, 1.165) is 5.56 Å². The van der Waals surface area contributed by atoms with Crippen LogP contribution in [-0.2, 0) is 19.4 Å². The molecule has 0 N–H and O–H groups in total.